The van der Waals surface area contributed by atoms with E-state index in [4.69, 9.17) is 0 Å². The van der Waals surface area contributed by atoms with Gasteiger partial charge in [-0.15, -0.1) is 0 Å². The lowest BCUT2D eigenvalue weighted by Gasteiger charge is -2.29. The molecule has 25 heavy (non-hydrogen) atoms. The van der Waals surface area contributed by atoms with Gasteiger partial charge in [-0.3, -0.25) is 5.01 Å². The van der Waals surface area contributed by atoms with Gasteiger partial charge < -0.3 is 5.43 Å². The minimum atomic E-state index is -0.222. The van der Waals surface area contributed by atoms with Crippen LogP contribution in [0.4, 0.5) is 10.1 Å². The lowest BCUT2D eigenvalue weighted by atomic mass is 10.0. The molecule has 3 aromatic carbocycles. The zero-order chi connectivity index (χ0) is 17.2. The number of nitrogens with zero attached hydrogens (tertiary/aromatic N) is 1. The maximum absolute atomic E-state index is 13.3. The summed E-state index contributed by atoms with van der Waals surface area (Å²) in [4.78, 5) is 0. The van der Waals surface area contributed by atoms with Gasteiger partial charge in [-0.1, -0.05) is 58.4 Å². The summed E-state index contributed by atoms with van der Waals surface area (Å²) < 4.78 is 14.3. The highest BCUT2D eigenvalue weighted by atomic mass is 79.9. The summed E-state index contributed by atoms with van der Waals surface area (Å²) in [6.07, 6.45) is 4.00. The zero-order valence-electron chi connectivity index (χ0n) is 13.4. The highest BCUT2D eigenvalue weighted by molar-refractivity contribution is 9.10. The van der Waals surface area contributed by atoms with E-state index in [1.807, 2.05) is 42.6 Å². The largest absolute Gasteiger partial charge is 0.305 e. The van der Waals surface area contributed by atoms with Gasteiger partial charge in [0.05, 0.1) is 11.7 Å². The third-order valence-electron chi connectivity index (χ3n) is 4.30. The molecule has 0 saturated heterocycles. The van der Waals surface area contributed by atoms with Crippen LogP contribution in [0.1, 0.15) is 11.6 Å². The van der Waals surface area contributed by atoms with Crippen LogP contribution in [0.15, 0.2) is 89.5 Å². The van der Waals surface area contributed by atoms with E-state index in [1.54, 1.807) is 0 Å². The molecule has 0 bridgehead atoms. The number of para-hydroxylation sites is 1. The van der Waals surface area contributed by atoms with Crippen molar-refractivity contribution in [2.75, 3.05) is 5.01 Å². The fraction of sp³-hybridized carbons (Fsp3) is 0.0476. The van der Waals surface area contributed by atoms with Crippen LogP contribution in [0.25, 0.3) is 11.1 Å². The zero-order valence-corrected chi connectivity index (χ0v) is 14.9. The third kappa shape index (κ3) is 3.17. The van der Waals surface area contributed by atoms with Crippen molar-refractivity contribution in [2.24, 2.45) is 0 Å². The van der Waals surface area contributed by atoms with E-state index < -0.39 is 0 Å². The van der Waals surface area contributed by atoms with Gasteiger partial charge in [-0.05, 0) is 47.5 Å². The highest BCUT2D eigenvalue weighted by Gasteiger charge is 2.24. The van der Waals surface area contributed by atoms with Gasteiger partial charge in [-0.2, -0.15) is 0 Å². The van der Waals surface area contributed by atoms with Gasteiger partial charge in [0.1, 0.15) is 5.82 Å². The Balaban J connectivity index is 1.74. The molecule has 0 amide bonds. The highest BCUT2D eigenvalue weighted by Crippen LogP contribution is 2.37. The first-order chi connectivity index (χ1) is 12.2. The second-order valence-corrected chi connectivity index (χ2v) is 6.79. The summed E-state index contributed by atoms with van der Waals surface area (Å²) in [5.74, 6) is -0.222. The Morgan fingerprint density at radius 2 is 1.60 bits per heavy atom. The predicted octanol–water partition coefficient (Wildman–Crippen LogP) is 5.83. The van der Waals surface area contributed by atoms with Gasteiger partial charge in [0, 0.05) is 16.2 Å². The molecular weight excluding hydrogens is 379 g/mol. The van der Waals surface area contributed by atoms with Crippen molar-refractivity contribution >= 4 is 21.6 Å². The molecule has 4 rings (SSSR count). The molecule has 1 aliphatic heterocycles. The average Bonchev–Trinajstić information content (AvgIpc) is 3.13. The van der Waals surface area contributed by atoms with Crippen molar-refractivity contribution in [2.45, 2.75) is 6.04 Å². The van der Waals surface area contributed by atoms with Crippen LogP contribution in [0.5, 0.6) is 0 Å². The summed E-state index contributed by atoms with van der Waals surface area (Å²) in [6.45, 7) is 0. The maximum atomic E-state index is 13.3. The van der Waals surface area contributed by atoms with Gasteiger partial charge in [0.25, 0.3) is 0 Å². The Labute approximate surface area is 154 Å². The number of halogens is 2. The van der Waals surface area contributed by atoms with Crippen molar-refractivity contribution in [3.05, 3.63) is 101 Å². The topological polar surface area (TPSA) is 15.3 Å². The van der Waals surface area contributed by atoms with Crippen molar-refractivity contribution in [1.29, 1.82) is 0 Å². The van der Waals surface area contributed by atoms with E-state index >= 15 is 0 Å². The molecule has 0 fully saturated rings. The number of nitrogens with one attached hydrogen (secondary N) is 1. The number of anilines is 1. The first kappa shape index (κ1) is 15.9. The third-order valence-corrected chi connectivity index (χ3v) is 4.83. The standard InChI is InChI=1S/C21H16BrFN2/c22-17-9-5-15(6-10-17)19-3-1-2-4-21(19)25-20(13-14-24-25)16-7-11-18(23)12-8-16/h1-14,20,24H. The second-order valence-electron chi connectivity index (χ2n) is 5.88. The second kappa shape index (κ2) is 6.73. The summed E-state index contributed by atoms with van der Waals surface area (Å²) in [5, 5.41) is 2.10. The van der Waals surface area contributed by atoms with Gasteiger partial charge in [0.15, 0.2) is 0 Å². The summed E-state index contributed by atoms with van der Waals surface area (Å²) in [6, 6.07) is 23.2. The first-order valence-electron chi connectivity index (χ1n) is 8.05. The maximum Gasteiger partial charge on any atom is 0.123 e. The summed E-state index contributed by atoms with van der Waals surface area (Å²) in [7, 11) is 0. The van der Waals surface area contributed by atoms with Crippen LogP contribution >= 0.6 is 15.9 Å². The SMILES string of the molecule is Fc1ccc(C2C=CNN2c2ccccc2-c2ccc(Br)cc2)cc1. The van der Waals surface area contributed by atoms with Gasteiger partial charge >= 0.3 is 0 Å². The molecular formula is C21H16BrFN2. The van der Waals surface area contributed by atoms with Crippen LogP contribution < -0.4 is 10.4 Å². The van der Waals surface area contributed by atoms with Crippen molar-refractivity contribution < 1.29 is 4.39 Å². The number of benzene rings is 3. The van der Waals surface area contributed by atoms with E-state index in [0.717, 1.165) is 26.9 Å². The van der Waals surface area contributed by atoms with Crippen molar-refractivity contribution in [3.63, 3.8) is 0 Å². The first-order valence-corrected chi connectivity index (χ1v) is 8.84. The number of rotatable bonds is 3. The predicted molar refractivity (Wildman–Crippen MR) is 103 cm³/mol. The molecule has 1 aliphatic rings. The Bertz CT molecular complexity index is 904. The fourth-order valence-corrected chi connectivity index (χ4v) is 3.34. The van der Waals surface area contributed by atoms with Crippen molar-refractivity contribution in [1.82, 2.24) is 5.43 Å². The number of hydrazine groups is 1. The molecule has 1 N–H and O–H groups in total. The number of hydrogen-bond donors (Lipinski definition) is 1. The molecule has 1 heterocycles. The monoisotopic (exact) mass is 394 g/mol. The Hall–Kier alpha value is -2.59. The molecule has 2 nitrogen and oxygen atoms in total. The normalized spacial score (nSPS) is 16.1. The number of hydrogen-bond acceptors (Lipinski definition) is 2. The molecule has 0 aliphatic carbocycles. The van der Waals surface area contributed by atoms with Crippen LogP contribution in [0, 0.1) is 5.82 Å². The molecule has 0 saturated carbocycles. The lowest BCUT2D eigenvalue weighted by molar-refractivity contribution is 0.625. The summed E-state index contributed by atoms with van der Waals surface area (Å²) >= 11 is 3.49. The Morgan fingerprint density at radius 3 is 2.36 bits per heavy atom. The molecule has 1 atom stereocenters. The van der Waals surface area contributed by atoms with Crippen LogP contribution in [-0.2, 0) is 0 Å². The van der Waals surface area contributed by atoms with Crippen LogP contribution in [-0.4, -0.2) is 0 Å². The van der Waals surface area contributed by atoms with Crippen LogP contribution in [0.2, 0.25) is 0 Å². The van der Waals surface area contributed by atoms with Gasteiger partial charge in [-0.25, -0.2) is 4.39 Å². The summed E-state index contributed by atoms with van der Waals surface area (Å²) in [5.41, 5.74) is 7.70. The molecule has 124 valence electrons. The van der Waals surface area contributed by atoms with Crippen molar-refractivity contribution in [3.8, 4) is 11.1 Å². The minimum Gasteiger partial charge on any atom is -0.305 e. The molecule has 0 aromatic heterocycles. The quantitative estimate of drug-likeness (QED) is 0.600. The minimum absolute atomic E-state index is 0.0113. The average molecular weight is 395 g/mol. The fourth-order valence-electron chi connectivity index (χ4n) is 3.08. The van der Waals surface area contributed by atoms with E-state index in [9.17, 15) is 4.39 Å². The molecule has 0 radical (unpaired) electrons. The molecule has 3 aromatic rings. The van der Waals surface area contributed by atoms with E-state index in [0.29, 0.717) is 0 Å². The van der Waals surface area contributed by atoms with E-state index in [1.165, 1.54) is 12.1 Å². The Morgan fingerprint density at radius 1 is 0.880 bits per heavy atom. The van der Waals surface area contributed by atoms with Crippen LogP contribution in [0.3, 0.4) is 0 Å². The Kier molecular flexibility index (Phi) is 4.28. The smallest absolute Gasteiger partial charge is 0.123 e. The molecule has 4 heteroatoms. The van der Waals surface area contributed by atoms with Gasteiger partial charge in [0.2, 0.25) is 0 Å². The van der Waals surface area contributed by atoms with E-state index in [-0.39, 0.29) is 11.9 Å². The lowest BCUT2D eigenvalue weighted by Crippen LogP contribution is -2.32. The molecule has 1 unspecified atom stereocenters. The molecule has 0 spiro atoms. The van der Waals surface area contributed by atoms with E-state index in [2.05, 4.69) is 56.7 Å².